The fraction of sp³-hybridized carbons (Fsp3) is 0.500. The highest BCUT2D eigenvalue weighted by Crippen LogP contribution is 2.22. The Morgan fingerprint density at radius 3 is 2.64 bits per heavy atom. The Labute approximate surface area is 145 Å². The zero-order valence-electron chi connectivity index (χ0n) is 14.3. The third-order valence-corrected chi connectivity index (χ3v) is 3.89. The minimum Gasteiger partial charge on any atom is -0.484 e. The molecule has 0 saturated carbocycles. The summed E-state index contributed by atoms with van der Waals surface area (Å²) in [7, 11) is 1.53. The minimum absolute atomic E-state index is 0.00750. The maximum Gasteiger partial charge on any atom is 0.272 e. The summed E-state index contributed by atoms with van der Waals surface area (Å²) in [6.45, 7) is 3.39. The van der Waals surface area contributed by atoms with Crippen molar-refractivity contribution >= 4 is 17.5 Å². The van der Waals surface area contributed by atoms with Gasteiger partial charge in [0.25, 0.3) is 11.6 Å². The summed E-state index contributed by atoms with van der Waals surface area (Å²) in [5, 5.41) is 10.8. The molecule has 1 fully saturated rings. The van der Waals surface area contributed by atoms with Crippen molar-refractivity contribution in [3.63, 3.8) is 0 Å². The highest BCUT2D eigenvalue weighted by molar-refractivity contribution is 5.85. The first-order valence-electron chi connectivity index (χ1n) is 7.86. The van der Waals surface area contributed by atoms with Crippen molar-refractivity contribution in [3.8, 4) is 5.75 Å². The number of likely N-dealkylation sites (N-methyl/N-ethyl adjacent to an activating group) is 1. The van der Waals surface area contributed by atoms with E-state index in [4.69, 9.17) is 9.47 Å². The number of rotatable bonds is 6. The molecule has 2 rings (SSSR count). The van der Waals surface area contributed by atoms with Crippen molar-refractivity contribution in [2.75, 3.05) is 46.5 Å². The molecule has 136 valence electrons. The summed E-state index contributed by atoms with van der Waals surface area (Å²) in [4.78, 5) is 37.5. The van der Waals surface area contributed by atoms with Crippen LogP contribution in [0.25, 0.3) is 0 Å². The minimum atomic E-state index is -0.477. The summed E-state index contributed by atoms with van der Waals surface area (Å²) in [5.74, 6) is -0.118. The first-order valence-corrected chi connectivity index (χ1v) is 7.86. The molecule has 9 heteroatoms. The Hall–Kier alpha value is -2.68. The normalized spacial score (nSPS) is 14.1. The fourth-order valence-corrected chi connectivity index (χ4v) is 2.38. The molecule has 0 aliphatic carbocycles. The molecule has 9 nitrogen and oxygen atoms in total. The van der Waals surface area contributed by atoms with E-state index in [9.17, 15) is 19.7 Å². The number of nitro groups is 1. The molecule has 0 spiro atoms. The van der Waals surface area contributed by atoms with E-state index < -0.39 is 4.92 Å². The molecular formula is C16H21N3O6. The number of benzene rings is 1. The van der Waals surface area contributed by atoms with Crippen LogP contribution in [0.2, 0.25) is 0 Å². The van der Waals surface area contributed by atoms with Crippen molar-refractivity contribution in [1.29, 1.82) is 0 Å². The zero-order chi connectivity index (χ0) is 18.4. The molecule has 1 heterocycles. The van der Waals surface area contributed by atoms with E-state index in [0.29, 0.717) is 37.6 Å². The van der Waals surface area contributed by atoms with Gasteiger partial charge in [-0.1, -0.05) is 0 Å². The number of hydrogen-bond donors (Lipinski definition) is 0. The van der Waals surface area contributed by atoms with Gasteiger partial charge in [-0.05, 0) is 19.1 Å². The first-order chi connectivity index (χ1) is 11.9. The molecule has 1 aliphatic rings. The summed E-state index contributed by atoms with van der Waals surface area (Å²) < 4.78 is 10.6. The predicted octanol–water partition coefficient (Wildman–Crippen LogP) is 0.599. The van der Waals surface area contributed by atoms with Crippen molar-refractivity contribution in [2.45, 2.75) is 6.92 Å². The van der Waals surface area contributed by atoms with E-state index in [0.717, 1.165) is 0 Å². The first kappa shape index (κ1) is 18.7. The summed E-state index contributed by atoms with van der Waals surface area (Å²) >= 11 is 0. The number of morpholine rings is 1. The molecule has 0 N–H and O–H groups in total. The Bertz CT molecular complexity index is 657. The second kappa shape index (κ2) is 8.43. The van der Waals surface area contributed by atoms with Crippen LogP contribution < -0.4 is 4.74 Å². The van der Waals surface area contributed by atoms with Crippen LogP contribution in [0, 0.1) is 17.0 Å². The number of ether oxygens (including phenoxy) is 2. The van der Waals surface area contributed by atoms with Crippen molar-refractivity contribution in [1.82, 2.24) is 9.80 Å². The molecule has 1 aromatic rings. The summed E-state index contributed by atoms with van der Waals surface area (Å²) in [6.07, 6.45) is 0. The van der Waals surface area contributed by atoms with E-state index in [1.165, 1.54) is 30.1 Å². The Balaban J connectivity index is 1.83. The quantitative estimate of drug-likeness (QED) is 0.549. The van der Waals surface area contributed by atoms with Crippen molar-refractivity contribution in [3.05, 3.63) is 33.9 Å². The third-order valence-electron chi connectivity index (χ3n) is 3.89. The van der Waals surface area contributed by atoms with Crippen LogP contribution in [-0.2, 0) is 14.3 Å². The summed E-state index contributed by atoms with van der Waals surface area (Å²) in [5.41, 5.74) is 0.442. The number of carbonyl (C=O) groups is 2. The highest BCUT2D eigenvalue weighted by atomic mass is 16.6. The standard InChI is InChI=1S/C16H21N3O6/c1-12-9-13(3-4-14(12)19(22)23)25-11-16(21)17(2)10-15(20)18-5-7-24-8-6-18/h3-4,9H,5-8,10-11H2,1-2H3. The van der Waals surface area contributed by atoms with Gasteiger partial charge in [-0.3, -0.25) is 19.7 Å². The van der Waals surface area contributed by atoms with Gasteiger partial charge < -0.3 is 19.3 Å². The molecule has 1 aromatic carbocycles. The second-order valence-corrected chi connectivity index (χ2v) is 5.74. The largest absolute Gasteiger partial charge is 0.484 e. The van der Waals surface area contributed by atoms with Crippen LogP contribution in [0.15, 0.2) is 18.2 Å². The van der Waals surface area contributed by atoms with Crippen molar-refractivity contribution in [2.24, 2.45) is 0 Å². The van der Waals surface area contributed by atoms with Gasteiger partial charge in [-0.2, -0.15) is 0 Å². The third kappa shape index (κ3) is 5.15. The maximum atomic E-state index is 12.1. The lowest BCUT2D eigenvalue weighted by Crippen LogP contribution is -2.46. The molecule has 2 amide bonds. The average Bonchev–Trinajstić information content (AvgIpc) is 2.60. The van der Waals surface area contributed by atoms with Gasteiger partial charge in [-0.15, -0.1) is 0 Å². The van der Waals surface area contributed by atoms with E-state index >= 15 is 0 Å². The van der Waals surface area contributed by atoms with Crippen LogP contribution in [-0.4, -0.2) is 73.0 Å². The van der Waals surface area contributed by atoms with Crippen LogP contribution in [0.5, 0.6) is 5.75 Å². The fourth-order valence-electron chi connectivity index (χ4n) is 2.38. The molecule has 25 heavy (non-hydrogen) atoms. The SMILES string of the molecule is Cc1cc(OCC(=O)N(C)CC(=O)N2CCOCC2)ccc1[N+](=O)[O-]. The lowest BCUT2D eigenvalue weighted by Gasteiger charge is -2.28. The second-order valence-electron chi connectivity index (χ2n) is 5.74. The van der Waals surface area contributed by atoms with E-state index in [1.54, 1.807) is 11.8 Å². The Kier molecular flexibility index (Phi) is 6.29. The lowest BCUT2D eigenvalue weighted by molar-refractivity contribution is -0.385. The molecule has 0 radical (unpaired) electrons. The van der Waals surface area contributed by atoms with Crippen molar-refractivity contribution < 1.29 is 24.0 Å². The molecular weight excluding hydrogens is 330 g/mol. The van der Waals surface area contributed by atoms with Crippen LogP contribution in [0.4, 0.5) is 5.69 Å². The zero-order valence-corrected chi connectivity index (χ0v) is 14.3. The smallest absolute Gasteiger partial charge is 0.272 e. The number of aryl methyl sites for hydroxylation is 1. The van der Waals surface area contributed by atoms with Gasteiger partial charge >= 0.3 is 0 Å². The topological polar surface area (TPSA) is 102 Å². The van der Waals surface area contributed by atoms with Gasteiger partial charge in [0.15, 0.2) is 6.61 Å². The van der Waals surface area contributed by atoms with Gasteiger partial charge in [-0.25, -0.2) is 0 Å². The van der Waals surface area contributed by atoms with Gasteiger partial charge in [0.05, 0.1) is 24.7 Å². The van der Waals surface area contributed by atoms with Crippen LogP contribution in [0.3, 0.4) is 0 Å². The number of hydrogen-bond acceptors (Lipinski definition) is 6. The van der Waals surface area contributed by atoms with E-state index in [-0.39, 0.29) is 30.7 Å². The molecule has 0 unspecified atom stereocenters. The monoisotopic (exact) mass is 351 g/mol. The van der Waals surface area contributed by atoms with E-state index in [1.807, 2.05) is 0 Å². The molecule has 0 bridgehead atoms. The Morgan fingerprint density at radius 1 is 1.36 bits per heavy atom. The average molecular weight is 351 g/mol. The van der Waals surface area contributed by atoms with Crippen LogP contribution in [0.1, 0.15) is 5.56 Å². The van der Waals surface area contributed by atoms with Crippen LogP contribution >= 0.6 is 0 Å². The molecule has 0 aromatic heterocycles. The lowest BCUT2D eigenvalue weighted by atomic mass is 10.2. The van der Waals surface area contributed by atoms with Gasteiger partial charge in [0.1, 0.15) is 5.75 Å². The number of nitrogens with zero attached hydrogens (tertiary/aromatic N) is 3. The predicted molar refractivity (Wildman–Crippen MR) is 88.4 cm³/mol. The molecule has 1 aliphatic heterocycles. The highest BCUT2D eigenvalue weighted by Gasteiger charge is 2.20. The van der Waals surface area contributed by atoms with E-state index in [2.05, 4.69) is 0 Å². The Morgan fingerprint density at radius 2 is 2.04 bits per heavy atom. The number of amides is 2. The van der Waals surface area contributed by atoms with Gasteiger partial charge in [0, 0.05) is 31.8 Å². The van der Waals surface area contributed by atoms with Gasteiger partial charge in [0.2, 0.25) is 5.91 Å². The molecule has 0 atom stereocenters. The number of nitro benzene ring substituents is 1. The maximum absolute atomic E-state index is 12.1. The number of carbonyl (C=O) groups excluding carboxylic acids is 2. The molecule has 1 saturated heterocycles. The summed E-state index contributed by atoms with van der Waals surface area (Å²) in [6, 6.07) is 4.28.